The average molecular weight is 249 g/mol. The number of unbranched alkanes of at least 4 members (excludes halogenated alkanes) is 2. The van der Waals surface area contributed by atoms with Crippen molar-refractivity contribution in [2.75, 3.05) is 5.32 Å². The highest BCUT2D eigenvalue weighted by molar-refractivity contribution is 5.93. The van der Waals surface area contributed by atoms with Crippen molar-refractivity contribution < 1.29 is 14.7 Å². The van der Waals surface area contributed by atoms with Gasteiger partial charge >= 0.3 is 5.97 Å². The summed E-state index contributed by atoms with van der Waals surface area (Å²) in [5.74, 6) is -0.978. The number of carbonyl (C=O) groups is 2. The van der Waals surface area contributed by atoms with Crippen molar-refractivity contribution in [2.24, 2.45) is 0 Å². The van der Waals surface area contributed by atoms with Gasteiger partial charge in [-0.3, -0.25) is 4.79 Å². The molecular weight excluding hydrogens is 230 g/mol. The van der Waals surface area contributed by atoms with E-state index in [2.05, 4.69) is 12.2 Å². The van der Waals surface area contributed by atoms with E-state index in [9.17, 15) is 9.59 Å². The van der Waals surface area contributed by atoms with Crippen molar-refractivity contribution >= 4 is 17.6 Å². The largest absolute Gasteiger partial charge is 0.478 e. The number of carboxylic acids is 1. The molecule has 0 heterocycles. The highest BCUT2D eigenvalue weighted by Crippen LogP contribution is 2.17. The van der Waals surface area contributed by atoms with Crippen LogP contribution >= 0.6 is 0 Å². The van der Waals surface area contributed by atoms with Crippen LogP contribution in [-0.4, -0.2) is 17.0 Å². The van der Waals surface area contributed by atoms with Gasteiger partial charge in [-0.15, -0.1) is 0 Å². The van der Waals surface area contributed by atoms with Crippen molar-refractivity contribution in [3.8, 4) is 0 Å². The van der Waals surface area contributed by atoms with Gasteiger partial charge in [0.25, 0.3) is 0 Å². The van der Waals surface area contributed by atoms with Crippen LogP contribution < -0.4 is 5.32 Å². The van der Waals surface area contributed by atoms with Gasteiger partial charge in [0, 0.05) is 12.1 Å². The molecule has 1 amide bonds. The number of carboxylic acid groups (broad SMARTS) is 1. The van der Waals surface area contributed by atoms with Crippen LogP contribution in [-0.2, 0) is 4.79 Å². The van der Waals surface area contributed by atoms with E-state index in [0.717, 1.165) is 24.8 Å². The number of carbonyl (C=O) groups excluding carboxylic acids is 1. The number of nitrogens with one attached hydrogen (secondary N) is 1. The summed E-state index contributed by atoms with van der Waals surface area (Å²) in [4.78, 5) is 22.4. The molecule has 0 aliphatic heterocycles. The molecule has 0 saturated carbocycles. The predicted molar refractivity (Wildman–Crippen MR) is 70.9 cm³/mol. The number of rotatable bonds is 6. The Labute approximate surface area is 107 Å². The zero-order chi connectivity index (χ0) is 13.5. The molecule has 0 atom stereocenters. The molecule has 18 heavy (non-hydrogen) atoms. The maximum atomic E-state index is 11.6. The first-order chi connectivity index (χ1) is 8.54. The Kier molecular flexibility index (Phi) is 5.36. The van der Waals surface area contributed by atoms with Crippen LogP contribution in [0.1, 0.15) is 48.5 Å². The first-order valence-corrected chi connectivity index (χ1v) is 6.18. The molecule has 0 aliphatic rings. The van der Waals surface area contributed by atoms with E-state index in [1.54, 1.807) is 19.1 Å². The van der Waals surface area contributed by atoms with Gasteiger partial charge in [0.05, 0.1) is 5.56 Å². The second-order valence-electron chi connectivity index (χ2n) is 4.34. The Bertz CT molecular complexity index is 441. The second kappa shape index (κ2) is 6.79. The molecular formula is C14H19NO3. The monoisotopic (exact) mass is 249 g/mol. The van der Waals surface area contributed by atoms with Crippen molar-refractivity contribution in [1.29, 1.82) is 0 Å². The molecule has 0 spiro atoms. The maximum absolute atomic E-state index is 11.6. The molecule has 1 rings (SSSR count). The lowest BCUT2D eigenvalue weighted by Gasteiger charge is -2.09. The lowest BCUT2D eigenvalue weighted by molar-refractivity contribution is -0.116. The summed E-state index contributed by atoms with van der Waals surface area (Å²) < 4.78 is 0. The minimum Gasteiger partial charge on any atom is -0.478 e. The minimum atomic E-state index is -0.959. The van der Waals surface area contributed by atoms with Crippen molar-refractivity contribution in [1.82, 2.24) is 0 Å². The van der Waals surface area contributed by atoms with Crippen LogP contribution in [0, 0.1) is 6.92 Å². The number of anilines is 1. The minimum absolute atomic E-state index is 0.0189. The Morgan fingerprint density at radius 2 is 2.00 bits per heavy atom. The standard InChI is InChI=1S/C14H19NO3/c1-3-4-5-6-13(16)15-12-8-7-11(14(17)18)9-10(12)2/h7-9H,3-6H2,1-2H3,(H,15,16)(H,17,18). The van der Waals surface area contributed by atoms with Gasteiger partial charge in [0.2, 0.25) is 5.91 Å². The van der Waals surface area contributed by atoms with Gasteiger partial charge in [-0.25, -0.2) is 4.79 Å². The summed E-state index contributed by atoms with van der Waals surface area (Å²) in [5, 5.41) is 11.6. The van der Waals surface area contributed by atoms with Crippen LogP contribution in [0.5, 0.6) is 0 Å². The fourth-order valence-corrected chi connectivity index (χ4v) is 1.69. The van der Waals surface area contributed by atoms with E-state index >= 15 is 0 Å². The Balaban J connectivity index is 2.62. The predicted octanol–water partition coefficient (Wildman–Crippen LogP) is 3.21. The first-order valence-electron chi connectivity index (χ1n) is 6.18. The van der Waals surface area contributed by atoms with E-state index in [0.29, 0.717) is 12.1 Å². The van der Waals surface area contributed by atoms with E-state index in [1.807, 2.05) is 0 Å². The van der Waals surface area contributed by atoms with Gasteiger partial charge < -0.3 is 10.4 Å². The van der Waals surface area contributed by atoms with Gasteiger partial charge in [-0.2, -0.15) is 0 Å². The molecule has 1 aromatic rings. The lowest BCUT2D eigenvalue weighted by atomic mass is 10.1. The third-order valence-corrected chi connectivity index (χ3v) is 2.75. The normalized spacial score (nSPS) is 10.1. The van der Waals surface area contributed by atoms with Crippen LogP contribution in [0.25, 0.3) is 0 Å². The molecule has 0 aliphatic carbocycles. The Morgan fingerprint density at radius 1 is 1.28 bits per heavy atom. The fourth-order valence-electron chi connectivity index (χ4n) is 1.69. The highest BCUT2D eigenvalue weighted by Gasteiger charge is 2.08. The zero-order valence-corrected chi connectivity index (χ0v) is 10.8. The fraction of sp³-hybridized carbons (Fsp3) is 0.429. The van der Waals surface area contributed by atoms with E-state index in [1.165, 1.54) is 6.07 Å². The van der Waals surface area contributed by atoms with E-state index in [-0.39, 0.29) is 11.5 Å². The third-order valence-electron chi connectivity index (χ3n) is 2.75. The first kappa shape index (κ1) is 14.2. The van der Waals surface area contributed by atoms with Crippen LogP contribution in [0.2, 0.25) is 0 Å². The molecule has 2 N–H and O–H groups in total. The molecule has 4 heteroatoms. The van der Waals surface area contributed by atoms with E-state index < -0.39 is 5.97 Å². The van der Waals surface area contributed by atoms with Crippen molar-refractivity contribution in [3.05, 3.63) is 29.3 Å². The van der Waals surface area contributed by atoms with Gasteiger partial charge in [-0.1, -0.05) is 19.8 Å². The molecule has 4 nitrogen and oxygen atoms in total. The third kappa shape index (κ3) is 4.20. The van der Waals surface area contributed by atoms with Gasteiger partial charge in [0.15, 0.2) is 0 Å². The van der Waals surface area contributed by atoms with Gasteiger partial charge in [0.1, 0.15) is 0 Å². The highest BCUT2D eigenvalue weighted by atomic mass is 16.4. The number of aryl methyl sites for hydroxylation is 1. The Hall–Kier alpha value is -1.84. The summed E-state index contributed by atoms with van der Waals surface area (Å²) in [6.45, 7) is 3.88. The molecule has 98 valence electrons. The van der Waals surface area contributed by atoms with E-state index in [4.69, 9.17) is 5.11 Å². The summed E-state index contributed by atoms with van der Waals surface area (Å²) in [6.07, 6.45) is 3.52. The van der Waals surface area contributed by atoms with Crippen LogP contribution in [0.3, 0.4) is 0 Å². The number of hydrogen-bond donors (Lipinski definition) is 2. The SMILES string of the molecule is CCCCCC(=O)Nc1ccc(C(=O)O)cc1C. The van der Waals surface area contributed by atoms with Crippen LogP contribution in [0.4, 0.5) is 5.69 Å². The zero-order valence-electron chi connectivity index (χ0n) is 10.8. The molecule has 1 aromatic carbocycles. The number of aromatic carboxylic acids is 1. The molecule has 0 bridgehead atoms. The lowest BCUT2D eigenvalue weighted by Crippen LogP contribution is -2.12. The molecule has 0 aromatic heterocycles. The molecule has 0 saturated heterocycles. The summed E-state index contributed by atoms with van der Waals surface area (Å²) in [6, 6.07) is 4.69. The summed E-state index contributed by atoms with van der Waals surface area (Å²) in [7, 11) is 0. The summed E-state index contributed by atoms with van der Waals surface area (Å²) in [5.41, 5.74) is 1.68. The topological polar surface area (TPSA) is 66.4 Å². The molecule has 0 unspecified atom stereocenters. The number of amides is 1. The average Bonchev–Trinajstić information content (AvgIpc) is 2.32. The molecule has 0 radical (unpaired) electrons. The Morgan fingerprint density at radius 3 is 2.56 bits per heavy atom. The number of benzene rings is 1. The second-order valence-corrected chi connectivity index (χ2v) is 4.34. The van der Waals surface area contributed by atoms with Crippen molar-refractivity contribution in [3.63, 3.8) is 0 Å². The maximum Gasteiger partial charge on any atom is 0.335 e. The van der Waals surface area contributed by atoms with Crippen molar-refractivity contribution in [2.45, 2.75) is 39.5 Å². The number of hydrogen-bond acceptors (Lipinski definition) is 2. The quantitative estimate of drug-likeness (QED) is 0.761. The molecule has 0 fully saturated rings. The van der Waals surface area contributed by atoms with Crippen LogP contribution in [0.15, 0.2) is 18.2 Å². The summed E-state index contributed by atoms with van der Waals surface area (Å²) >= 11 is 0. The smallest absolute Gasteiger partial charge is 0.335 e. The van der Waals surface area contributed by atoms with Gasteiger partial charge in [-0.05, 0) is 37.1 Å².